The summed E-state index contributed by atoms with van der Waals surface area (Å²) < 4.78 is 0. The minimum absolute atomic E-state index is 0.0407. The Morgan fingerprint density at radius 3 is 2.20 bits per heavy atom. The first-order chi connectivity index (χ1) is 27.0. The molecule has 2 aliphatic rings. The topological polar surface area (TPSA) is 166 Å². The molecule has 3 aromatic carbocycles. The number of pyridine rings is 1. The summed E-state index contributed by atoms with van der Waals surface area (Å²) in [6.07, 6.45) is 5.23. The molecule has 5 heterocycles. The number of nitrogens with one attached hydrogen (secondary N) is 3. The Hall–Kier alpha value is -5.88. The lowest BCUT2D eigenvalue weighted by Crippen LogP contribution is -2.52. The van der Waals surface area contributed by atoms with Crippen molar-refractivity contribution in [3.63, 3.8) is 0 Å². The van der Waals surface area contributed by atoms with Crippen molar-refractivity contribution in [1.29, 1.82) is 0 Å². The number of nitrogens with two attached hydrogens (primary N) is 1. The summed E-state index contributed by atoms with van der Waals surface area (Å²) in [5.74, 6) is 1.00. The van der Waals surface area contributed by atoms with Crippen LogP contribution in [0, 0.1) is 11.8 Å². The molecule has 3 amide bonds. The van der Waals surface area contributed by atoms with Crippen LogP contribution in [0.25, 0.3) is 44.5 Å². The largest absolute Gasteiger partial charge is 0.344 e. The maximum Gasteiger partial charge on any atom is 0.246 e. The van der Waals surface area contributed by atoms with Crippen LogP contribution in [0.5, 0.6) is 0 Å². The molecule has 2 aliphatic heterocycles. The van der Waals surface area contributed by atoms with E-state index < -0.39 is 12.1 Å². The van der Waals surface area contributed by atoms with Crippen molar-refractivity contribution in [3.05, 3.63) is 102 Å². The molecule has 2 saturated heterocycles. The maximum atomic E-state index is 13.8. The highest BCUT2D eigenvalue weighted by atomic mass is 16.2. The summed E-state index contributed by atoms with van der Waals surface area (Å²) >= 11 is 0. The molecule has 288 valence electrons. The lowest BCUT2D eigenvalue weighted by Gasteiger charge is -2.30. The molecular formula is C44H49N9O3. The van der Waals surface area contributed by atoms with E-state index in [1.807, 2.05) is 104 Å². The van der Waals surface area contributed by atoms with Crippen LogP contribution >= 0.6 is 0 Å². The van der Waals surface area contributed by atoms with Crippen LogP contribution in [-0.2, 0) is 14.4 Å². The van der Waals surface area contributed by atoms with Crippen molar-refractivity contribution in [2.75, 3.05) is 13.1 Å². The van der Waals surface area contributed by atoms with E-state index in [0.29, 0.717) is 13.1 Å². The van der Waals surface area contributed by atoms with Gasteiger partial charge in [-0.05, 0) is 67.5 Å². The zero-order chi connectivity index (χ0) is 39.1. The van der Waals surface area contributed by atoms with Crippen molar-refractivity contribution in [1.82, 2.24) is 40.0 Å². The number of aromatic nitrogens is 5. The number of benzene rings is 3. The third-order valence-corrected chi connectivity index (χ3v) is 11.3. The Balaban J connectivity index is 0.982. The molecular weight excluding hydrogens is 703 g/mol. The SMILES string of the molecule is CC(C)C(=O)N[C@H](C(=O)N1CCC[C@H]1c1nc2ccc(-c3ccc4cc(-c5cnc([C@@H]6CCCN6C(=O)[C@H](N)c6ccccc6)[nH]5)ccc4n3)cc2[nH]1)C(C)C. The highest BCUT2D eigenvalue weighted by Crippen LogP contribution is 2.36. The summed E-state index contributed by atoms with van der Waals surface area (Å²) in [6, 6.07) is 24.2. The van der Waals surface area contributed by atoms with Crippen molar-refractivity contribution < 1.29 is 14.4 Å². The van der Waals surface area contributed by atoms with Gasteiger partial charge < -0.3 is 30.8 Å². The van der Waals surface area contributed by atoms with E-state index in [2.05, 4.69) is 33.5 Å². The molecule has 0 bridgehead atoms. The van der Waals surface area contributed by atoms with Crippen LogP contribution in [0.3, 0.4) is 0 Å². The monoisotopic (exact) mass is 751 g/mol. The average molecular weight is 752 g/mol. The first-order valence-electron chi connectivity index (χ1n) is 19.7. The number of H-pyrrole nitrogens is 2. The van der Waals surface area contributed by atoms with Gasteiger partial charge in [0.05, 0.1) is 46.2 Å². The Bertz CT molecular complexity index is 2400. The van der Waals surface area contributed by atoms with Gasteiger partial charge in [0, 0.05) is 35.5 Å². The molecule has 4 atom stereocenters. The van der Waals surface area contributed by atoms with Crippen LogP contribution in [0.2, 0.25) is 0 Å². The number of rotatable bonds is 10. The van der Waals surface area contributed by atoms with E-state index in [9.17, 15) is 14.4 Å². The normalized spacial score (nSPS) is 18.3. The van der Waals surface area contributed by atoms with Gasteiger partial charge in [-0.25, -0.2) is 15.0 Å². The minimum atomic E-state index is -0.710. The standard InChI is InChI=1S/C44H49N9O3/c1-25(2)39(51-42(54)26(3)4)44(56)53-21-9-13-37(53)41-48-33-19-16-30(23-34(33)49-41)32-17-14-28-22-29(15-18-31(28)47-32)35-24-46-40(50-35)36-12-8-20-52(36)43(55)38(45)27-10-6-5-7-11-27/h5-7,10-11,14-19,22-26,36-39H,8-9,12-13,20-21,45H2,1-4H3,(H,46,50)(H,48,49)(H,51,54)/t36-,37-,38+,39-/m0/s1. The summed E-state index contributed by atoms with van der Waals surface area (Å²) in [6.45, 7) is 8.87. The molecule has 12 nitrogen and oxygen atoms in total. The Labute approximate surface area is 326 Å². The Morgan fingerprint density at radius 2 is 1.46 bits per heavy atom. The number of amides is 3. The summed E-state index contributed by atoms with van der Waals surface area (Å²) in [5, 5.41) is 3.97. The number of hydrogen-bond acceptors (Lipinski definition) is 7. The number of carbonyl (C=O) groups is 3. The molecule has 12 heteroatoms. The van der Waals surface area contributed by atoms with Gasteiger partial charge >= 0.3 is 0 Å². The number of aromatic amines is 2. The fourth-order valence-electron chi connectivity index (χ4n) is 8.08. The van der Waals surface area contributed by atoms with E-state index >= 15 is 0 Å². The number of carbonyl (C=O) groups excluding carboxylic acids is 3. The van der Waals surface area contributed by atoms with Crippen LogP contribution in [0.15, 0.2) is 85.1 Å². The van der Waals surface area contributed by atoms with Gasteiger partial charge in [0.1, 0.15) is 23.7 Å². The van der Waals surface area contributed by atoms with Gasteiger partial charge in [-0.15, -0.1) is 0 Å². The van der Waals surface area contributed by atoms with Crippen LogP contribution in [0.1, 0.15) is 88.7 Å². The van der Waals surface area contributed by atoms with Gasteiger partial charge in [0.2, 0.25) is 17.7 Å². The van der Waals surface area contributed by atoms with Crippen molar-refractivity contribution in [2.45, 2.75) is 77.5 Å². The van der Waals surface area contributed by atoms with Crippen molar-refractivity contribution in [2.24, 2.45) is 17.6 Å². The Kier molecular flexibility index (Phi) is 10.1. The molecule has 8 rings (SSSR count). The molecule has 6 aromatic rings. The highest BCUT2D eigenvalue weighted by molar-refractivity contribution is 5.90. The van der Waals surface area contributed by atoms with E-state index in [1.165, 1.54) is 0 Å². The fraction of sp³-hybridized carbons (Fsp3) is 0.364. The lowest BCUT2D eigenvalue weighted by atomic mass is 10.0. The van der Waals surface area contributed by atoms with E-state index in [4.69, 9.17) is 20.7 Å². The number of hydrogen-bond donors (Lipinski definition) is 4. The number of likely N-dealkylation sites (tertiary alicyclic amines) is 2. The summed E-state index contributed by atoms with van der Waals surface area (Å²) in [4.78, 5) is 65.1. The van der Waals surface area contributed by atoms with E-state index in [0.717, 1.165) is 87.3 Å². The smallest absolute Gasteiger partial charge is 0.246 e. The van der Waals surface area contributed by atoms with Gasteiger partial charge in [-0.3, -0.25) is 14.4 Å². The molecule has 0 radical (unpaired) electrons. The number of fused-ring (bicyclic) bond motifs is 2. The van der Waals surface area contributed by atoms with Gasteiger partial charge in [0.15, 0.2) is 0 Å². The van der Waals surface area contributed by atoms with Gasteiger partial charge in [-0.1, -0.05) is 76.2 Å². The molecule has 2 fully saturated rings. The third-order valence-electron chi connectivity index (χ3n) is 11.3. The molecule has 0 spiro atoms. The van der Waals surface area contributed by atoms with Crippen LogP contribution in [-0.4, -0.2) is 71.6 Å². The van der Waals surface area contributed by atoms with Crippen molar-refractivity contribution in [3.8, 4) is 22.5 Å². The third kappa shape index (κ3) is 7.16. The van der Waals surface area contributed by atoms with E-state index in [1.54, 1.807) is 0 Å². The van der Waals surface area contributed by atoms with Crippen LogP contribution in [0.4, 0.5) is 0 Å². The predicted octanol–water partition coefficient (Wildman–Crippen LogP) is 6.99. The fourth-order valence-corrected chi connectivity index (χ4v) is 8.08. The van der Waals surface area contributed by atoms with E-state index in [-0.39, 0.29) is 41.6 Å². The average Bonchev–Trinajstić information content (AvgIpc) is 4.05. The molecule has 0 saturated carbocycles. The van der Waals surface area contributed by atoms with Crippen molar-refractivity contribution >= 4 is 39.7 Å². The van der Waals surface area contributed by atoms with Gasteiger partial charge in [0.25, 0.3) is 0 Å². The second-order valence-electron chi connectivity index (χ2n) is 15.8. The lowest BCUT2D eigenvalue weighted by molar-refractivity contribution is -0.139. The maximum absolute atomic E-state index is 13.8. The quantitative estimate of drug-likeness (QED) is 0.117. The number of nitrogens with zero attached hydrogens (tertiary/aromatic N) is 5. The predicted molar refractivity (Wildman–Crippen MR) is 217 cm³/mol. The van der Waals surface area contributed by atoms with Crippen LogP contribution < -0.4 is 11.1 Å². The highest BCUT2D eigenvalue weighted by Gasteiger charge is 2.38. The molecule has 0 unspecified atom stereocenters. The molecule has 3 aromatic heterocycles. The second kappa shape index (κ2) is 15.3. The first-order valence-corrected chi connectivity index (χ1v) is 19.7. The zero-order valence-electron chi connectivity index (χ0n) is 32.3. The minimum Gasteiger partial charge on any atom is -0.344 e. The molecule has 56 heavy (non-hydrogen) atoms. The molecule has 0 aliphatic carbocycles. The summed E-state index contributed by atoms with van der Waals surface area (Å²) in [7, 11) is 0. The Morgan fingerprint density at radius 1 is 0.768 bits per heavy atom. The molecule has 5 N–H and O–H groups in total. The first kappa shape index (κ1) is 37.1. The van der Waals surface area contributed by atoms with Gasteiger partial charge in [-0.2, -0.15) is 0 Å². The second-order valence-corrected chi connectivity index (χ2v) is 15.8. The zero-order valence-corrected chi connectivity index (χ0v) is 32.3. The number of imidazole rings is 2. The summed E-state index contributed by atoms with van der Waals surface area (Å²) in [5.41, 5.74) is 13.4.